The van der Waals surface area contributed by atoms with E-state index in [9.17, 15) is 4.79 Å². The largest absolute Gasteiger partial charge is 0.465 e. The number of nitrogens with one attached hydrogen (secondary N) is 1. The number of aromatic nitrogens is 2. The van der Waals surface area contributed by atoms with Gasteiger partial charge in [0.25, 0.3) is 0 Å². The minimum absolute atomic E-state index is 0.387. The van der Waals surface area contributed by atoms with Gasteiger partial charge in [-0.05, 0) is 30.7 Å². The van der Waals surface area contributed by atoms with E-state index in [0.29, 0.717) is 11.3 Å². The first kappa shape index (κ1) is 13.9. The molecule has 0 unspecified atom stereocenters. The van der Waals surface area contributed by atoms with Crippen LogP contribution in [0.25, 0.3) is 0 Å². The number of nitrogens with zero attached hydrogens (tertiary/aromatic N) is 2. The summed E-state index contributed by atoms with van der Waals surface area (Å²) in [6.45, 7) is 1.63. The van der Waals surface area contributed by atoms with Crippen molar-refractivity contribution >= 4 is 17.3 Å². The summed E-state index contributed by atoms with van der Waals surface area (Å²) in [6, 6.07) is 6.99. The van der Waals surface area contributed by atoms with Crippen molar-refractivity contribution in [2.75, 3.05) is 24.7 Å². The summed E-state index contributed by atoms with van der Waals surface area (Å²) in [5, 5.41) is 7.37. The molecule has 2 rings (SSSR count). The predicted octanol–water partition coefficient (Wildman–Crippen LogP) is 1.75. The van der Waals surface area contributed by atoms with E-state index < -0.39 is 0 Å². The molecule has 0 saturated heterocycles. The van der Waals surface area contributed by atoms with Crippen molar-refractivity contribution in [3.05, 3.63) is 42.2 Å². The number of rotatable bonds is 6. The van der Waals surface area contributed by atoms with E-state index in [4.69, 9.17) is 5.73 Å². The van der Waals surface area contributed by atoms with E-state index in [1.807, 2.05) is 16.9 Å². The normalized spacial score (nSPS) is 10.2. The minimum Gasteiger partial charge on any atom is -0.465 e. The number of ether oxygens (including phenoxy) is 1. The SMILES string of the molecule is COC(=O)c1ccc(NCCCn2cccn2)c(N)c1. The van der Waals surface area contributed by atoms with Gasteiger partial charge in [-0.2, -0.15) is 5.10 Å². The smallest absolute Gasteiger partial charge is 0.337 e. The molecule has 0 aliphatic carbocycles. The van der Waals surface area contributed by atoms with Gasteiger partial charge in [0.1, 0.15) is 0 Å². The summed E-state index contributed by atoms with van der Waals surface area (Å²) in [5.74, 6) is -0.387. The number of methoxy groups -OCH3 is 1. The zero-order chi connectivity index (χ0) is 14.4. The maximum absolute atomic E-state index is 11.4. The van der Waals surface area contributed by atoms with Crippen LogP contribution in [0.3, 0.4) is 0 Å². The molecule has 0 saturated carbocycles. The summed E-state index contributed by atoms with van der Waals surface area (Å²) < 4.78 is 6.53. The van der Waals surface area contributed by atoms with Crippen LogP contribution in [0.2, 0.25) is 0 Å². The number of carbonyl (C=O) groups is 1. The summed E-state index contributed by atoms with van der Waals surface area (Å²) in [6.07, 6.45) is 4.62. The molecule has 6 heteroatoms. The maximum Gasteiger partial charge on any atom is 0.337 e. The van der Waals surface area contributed by atoms with Gasteiger partial charge in [-0.15, -0.1) is 0 Å². The molecule has 0 fully saturated rings. The van der Waals surface area contributed by atoms with Crippen molar-refractivity contribution in [2.24, 2.45) is 0 Å². The topological polar surface area (TPSA) is 82.2 Å². The van der Waals surface area contributed by atoms with Gasteiger partial charge >= 0.3 is 5.97 Å². The molecular weight excluding hydrogens is 256 g/mol. The number of aryl methyl sites for hydroxylation is 1. The Morgan fingerprint density at radius 1 is 1.50 bits per heavy atom. The maximum atomic E-state index is 11.4. The van der Waals surface area contributed by atoms with Gasteiger partial charge in [0.2, 0.25) is 0 Å². The van der Waals surface area contributed by atoms with E-state index in [2.05, 4.69) is 15.2 Å². The Bertz CT molecular complexity index is 567. The third-order valence-corrected chi connectivity index (χ3v) is 2.91. The minimum atomic E-state index is -0.387. The lowest BCUT2D eigenvalue weighted by atomic mass is 10.1. The monoisotopic (exact) mass is 274 g/mol. The first-order valence-corrected chi connectivity index (χ1v) is 6.40. The van der Waals surface area contributed by atoms with Crippen LogP contribution in [0.4, 0.5) is 11.4 Å². The molecule has 0 spiro atoms. The van der Waals surface area contributed by atoms with Gasteiger partial charge in [-0.25, -0.2) is 4.79 Å². The fourth-order valence-electron chi connectivity index (χ4n) is 1.87. The Kier molecular flexibility index (Phi) is 4.60. The average Bonchev–Trinajstić information content (AvgIpc) is 2.97. The van der Waals surface area contributed by atoms with Crippen molar-refractivity contribution in [1.29, 1.82) is 0 Å². The molecule has 0 aliphatic rings. The highest BCUT2D eigenvalue weighted by atomic mass is 16.5. The first-order valence-electron chi connectivity index (χ1n) is 6.40. The van der Waals surface area contributed by atoms with E-state index in [0.717, 1.165) is 25.2 Å². The lowest BCUT2D eigenvalue weighted by molar-refractivity contribution is 0.0601. The van der Waals surface area contributed by atoms with Crippen LogP contribution >= 0.6 is 0 Å². The second-order valence-corrected chi connectivity index (χ2v) is 4.34. The molecule has 3 N–H and O–H groups in total. The summed E-state index contributed by atoms with van der Waals surface area (Å²) in [5.41, 5.74) is 7.71. The van der Waals surface area contributed by atoms with Gasteiger partial charge < -0.3 is 15.8 Å². The van der Waals surface area contributed by atoms with Gasteiger partial charge in [-0.3, -0.25) is 4.68 Å². The summed E-state index contributed by atoms with van der Waals surface area (Å²) in [4.78, 5) is 11.4. The first-order chi connectivity index (χ1) is 9.70. The fourth-order valence-corrected chi connectivity index (χ4v) is 1.87. The Hall–Kier alpha value is -2.50. The molecule has 0 atom stereocenters. The quantitative estimate of drug-likeness (QED) is 0.476. The van der Waals surface area contributed by atoms with Crippen LogP contribution in [0, 0.1) is 0 Å². The zero-order valence-corrected chi connectivity index (χ0v) is 11.4. The van der Waals surface area contributed by atoms with Crippen LogP contribution in [-0.2, 0) is 11.3 Å². The number of nitrogens with two attached hydrogens (primary N) is 1. The second-order valence-electron chi connectivity index (χ2n) is 4.34. The number of anilines is 2. The van der Waals surface area contributed by atoms with Crippen LogP contribution < -0.4 is 11.1 Å². The molecule has 0 radical (unpaired) electrons. The molecule has 20 heavy (non-hydrogen) atoms. The molecule has 1 aromatic carbocycles. The summed E-state index contributed by atoms with van der Waals surface area (Å²) >= 11 is 0. The number of esters is 1. The highest BCUT2D eigenvalue weighted by Crippen LogP contribution is 2.20. The van der Waals surface area contributed by atoms with E-state index in [1.54, 1.807) is 24.4 Å². The Labute approximate surface area is 117 Å². The van der Waals surface area contributed by atoms with Crippen LogP contribution in [0.5, 0.6) is 0 Å². The number of carbonyl (C=O) groups excluding carboxylic acids is 1. The third kappa shape index (κ3) is 3.50. The summed E-state index contributed by atoms with van der Waals surface area (Å²) in [7, 11) is 1.35. The Balaban J connectivity index is 1.85. The molecule has 0 amide bonds. The highest BCUT2D eigenvalue weighted by Gasteiger charge is 2.07. The number of nitrogen functional groups attached to an aromatic ring is 1. The molecule has 2 aromatic rings. The molecule has 1 aromatic heterocycles. The van der Waals surface area contributed by atoms with Crippen molar-refractivity contribution in [3.63, 3.8) is 0 Å². The van der Waals surface area contributed by atoms with Gasteiger partial charge in [0.15, 0.2) is 0 Å². The molecule has 6 nitrogen and oxygen atoms in total. The number of hydrogen-bond donors (Lipinski definition) is 2. The molecule has 106 valence electrons. The molecule has 0 aliphatic heterocycles. The van der Waals surface area contributed by atoms with Crippen LogP contribution in [0.1, 0.15) is 16.8 Å². The van der Waals surface area contributed by atoms with E-state index in [1.165, 1.54) is 7.11 Å². The number of benzene rings is 1. The van der Waals surface area contributed by atoms with Gasteiger partial charge in [0, 0.05) is 25.5 Å². The Morgan fingerprint density at radius 3 is 3.00 bits per heavy atom. The highest BCUT2D eigenvalue weighted by molar-refractivity contribution is 5.91. The molecular formula is C14H18N4O2. The predicted molar refractivity (Wildman–Crippen MR) is 77.5 cm³/mol. The van der Waals surface area contributed by atoms with E-state index >= 15 is 0 Å². The van der Waals surface area contributed by atoms with Crippen molar-refractivity contribution in [3.8, 4) is 0 Å². The van der Waals surface area contributed by atoms with E-state index in [-0.39, 0.29) is 5.97 Å². The van der Waals surface area contributed by atoms with Crippen LogP contribution in [-0.4, -0.2) is 29.4 Å². The molecule has 1 heterocycles. The van der Waals surface area contributed by atoms with Crippen molar-refractivity contribution < 1.29 is 9.53 Å². The van der Waals surface area contributed by atoms with Crippen molar-refractivity contribution in [2.45, 2.75) is 13.0 Å². The lowest BCUT2D eigenvalue weighted by Crippen LogP contribution is -2.09. The lowest BCUT2D eigenvalue weighted by Gasteiger charge is -2.10. The number of hydrogen-bond acceptors (Lipinski definition) is 5. The molecule has 0 bridgehead atoms. The van der Waals surface area contributed by atoms with Crippen molar-refractivity contribution in [1.82, 2.24) is 9.78 Å². The average molecular weight is 274 g/mol. The third-order valence-electron chi connectivity index (χ3n) is 2.91. The second kappa shape index (κ2) is 6.60. The van der Waals surface area contributed by atoms with Gasteiger partial charge in [-0.1, -0.05) is 0 Å². The standard InChI is InChI=1S/C14H18N4O2/c1-20-14(19)11-4-5-13(12(15)10-11)16-6-2-8-18-9-3-7-17-18/h3-5,7,9-10,16H,2,6,8,15H2,1H3. The van der Waals surface area contributed by atoms with Gasteiger partial charge in [0.05, 0.1) is 24.0 Å². The Morgan fingerprint density at radius 2 is 2.35 bits per heavy atom. The van der Waals surface area contributed by atoms with Crippen LogP contribution in [0.15, 0.2) is 36.7 Å². The fraction of sp³-hybridized carbons (Fsp3) is 0.286. The zero-order valence-electron chi connectivity index (χ0n) is 11.4.